The molecule has 1 aliphatic rings. The Morgan fingerprint density at radius 2 is 2.33 bits per heavy atom. The molecule has 0 N–H and O–H groups in total. The summed E-state index contributed by atoms with van der Waals surface area (Å²) in [6, 6.07) is 0. The molecule has 1 atom stereocenters. The number of allylic oxidation sites excluding steroid dienone is 1. The maximum absolute atomic E-state index is 3.60. The van der Waals surface area contributed by atoms with Crippen molar-refractivity contribution in [2.24, 2.45) is 11.8 Å². The predicted octanol–water partition coefficient (Wildman–Crippen LogP) is 3.93. The maximum atomic E-state index is 3.60. The highest BCUT2D eigenvalue weighted by Crippen LogP contribution is 2.34. The van der Waals surface area contributed by atoms with E-state index in [2.05, 4.69) is 25.3 Å². The summed E-state index contributed by atoms with van der Waals surface area (Å²) in [5.74, 6) is 1.94. The van der Waals surface area contributed by atoms with Crippen molar-refractivity contribution in [1.29, 1.82) is 0 Å². The zero-order chi connectivity index (χ0) is 8.81. The van der Waals surface area contributed by atoms with Crippen LogP contribution in [0.15, 0.2) is 18.4 Å². The predicted molar refractivity (Wildman–Crippen MR) is 54.1 cm³/mol. The fraction of sp³-hybridized carbons (Fsp3) is 0.750. The Bertz CT molecular complexity index is 159. The van der Waals surface area contributed by atoms with Crippen LogP contribution in [0, 0.1) is 11.8 Å². The lowest BCUT2D eigenvalue weighted by Gasteiger charge is -2.28. The molecular formula is C12H20. The van der Waals surface area contributed by atoms with Crippen molar-refractivity contribution in [2.45, 2.75) is 45.4 Å². The first-order valence-electron chi connectivity index (χ1n) is 5.21. The third-order valence-corrected chi connectivity index (χ3v) is 3.06. The second-order valence-electron chi connectivity index (χ2n) is 3.95. The van der Waals surface area contributed by atoms with Gasteiger partial charge < -0.3 is 0 Å². The van der Waals surface area contributed by atoms with Crippen LogP contribution in [0.5, 0.6) is 0 Å². The first-order chi connectivity index (χ1) is 5.86. The summed E-state index contributed by atoms with van der Waals surface area (Å²) in [6.45, 7) is 5.89. The molecule has 12 heavy (non-hydrogen) atoms. The second-order valence-corrected chi connectivity index (χ2v) is 3.95. The topological polar surface area (TPSA) is 0 Å². The summed E-state index contributed by atoms with van der Waals surface area (Å²) in [5.41, 5.74) is 2.87. The number of hydrogen-bond donors (Lipinski definition) is 0. The van der Waals surface area contributed by atoms with Crippen molar-refractivity contribution in [2.75, 3.05) is 0 Å². The van der Waals surface area contributed by atoms with Crippen LogP contribution in [0.4, 0.5) is 0 Å². The summed E-state index contributed by atoms with van der Waals surface area (Å²) in [5, 5.41) is 0. The average molecular weight is 164 g/mol. The smallest absolute Gasteiger partial charge is 0.0246 e. The molecule has 0 aromatic carbocycles. The van der Waals surface area contributed by atoms with Gasteiger partial charge in [0.2, 0.25) is 0 Å². The lowest BCUT2D eigenvalue weighted by molar-refractivity contribution is 0.246. The van der Waals surface area contributed by atoms with Crippen molar-refractivity contribution in [1.82, 2.24) is 0 Å². The Hall–Kier alpha value is -0.480. The van der Waals surface area contributed by atoms with Crippen LogP contribution in [-0.2, 0) is 0 Å². The Balaban J connectivity index is 2.18. The molecule has 0 saturated heterocycles. The van der Waals surface area contributed by atoms with Crippen LogP contribution in [-0.4, -0.2) is 0 Å². The van der Waals surface area contributed by atoms with Crippen molar-refractivity contribution in [3.8, 4) is 0 Å². The van der Waals surface area contributed by atoms with Gasteiger partial charge in [0.25, 0.3) is 0 Å². The van der Waals surface area contributed by atoms with E-state index in [1.807, 2.05) is 0 Å². The van der Waals surface area contributed by atoms with E-state index in [4.69, 9.17) is 0 Å². The van der Waals surface area contributed by atoms with Gasteiger partial charge in [-0.15, -0.1) is 5.73 Å². The minimum Gasteiger partial charge on any atom is -0.133 e. The molecule has 0 spiro atoms. The highest BCUT2D eigenvalue weighted by atomic mass is 14.3. The SMILES string of the molecule is C=C=CCC(CC)CC1CCC1. The van der Waals surface area contributed by atoms with E-state index in [9.17, 15) is 0 Å². The molecule has 1 saturated carbocycles. The van der Waals surface area contributed by atoms with E-state index in [1.165, 1.54) is 38.5 Å². The Morgan fingerprint density at radius 1 is 1.58 bits per heavy atom. The largest absolute Gasteiger partial charge is 0.133 e. The molecule has 1 unspecified atom stereocenters. The van der Waals surface area contributed by atoms with E-state index in [1.54, 1.807) is 0 Å². The molecule has 0 aliphatic heterocycles. The van der Waals surface area contributed by atoms with Gasteiger partial charge in [0, 0.05) is 0 Å². The molecule has 0 heteroatoms. The van der Waals surface area contributed by atoms with Crippen LogP contribution in [0.1, 0.15) is 45.4 Å². The standard InChI is InChI=1S/C12H20/c1-3-5-7-11(4-2)10-12-8-6-9-12/h5,11-12H,1,4,6-10H2,2H3. The van der Waals surface area contributed by atoms with Gasteiger partial charge in [-0.2, -0.15) is 0 Å². The van der Waals surface area contributed by atoms with Gasteiger partial charge in [-0.3, -0.25) is 0 Å². The summed E-state index contributed by atoms with van der Waals surface area (Å²) in [4.78, 5) is 0. The Kier molecular flexibility index (Phi) is 4.18. The Labute approximate surface area is 76.4 Å². The van der Waals surface area contributed by atoms with E-state index >= 15 is 0 Å². The normalized spacial score (nSPS) is 19.4. The number of hydrogen-bond acceptors (Lipinski definition) is 0. The first kappa shape index (κ1) is 9.61. The highest BCUT2D eigenvalue weighted by molar-refractivity contribution is 4.81. The Morgan fingerprint density at radius 3 is 2.75 bits per heavy atom. The zero-order valence-corrected chi connectivity index (χ0v) is 8.18. The van der Waals surface area contributed by atoms with E-state index in [0.717, 1.165) is 11.8 Å². The van der Waals surface area contributed by atoms with Gasteiger partial charge >= 0.3 is 0 Å². The van der Waals surface area contributed by atoms with E-state index in [0.29, 0.717) is 0 Å². The van der Waals surface area contributed by atoms with Crippen molar-refractivity contribution in [3.63, 3.8) is 0 Å². The molecular weight excluding hydrogens is 144 g/mol. The van der Waals surface area contributed by atoms with Crippen LogP contribution < -0.4 is 0 Å². The lowest BCUT2D eigenvalue weighted by Crippen LogP contribution is -2.15. The molecule has 0 aromatic rings. The molecule has 0 heterocycles. The van der Waals surface area contributed by atoms with Crippen molar-refractivity contribution < 1.29 is 0 Å². The molecule has 0 radical (unpaired) electrons. The van der Waals surface area contributed by atoms with Crippen molar-refractivity contribution in [3.05, 3.63) is 18.4 Å². The fourth-order valence-corrected chi connectivity index (χ4v) is 1.88. The number of rotatable bonds is 5. The van der Waals surface area contributed by atoms with Crippen LogP contribution in [0.3, 0.4) is 0 Å². The maximum Gasteiger partial charge on any atom is -0.0246 e. The van der Waals surface area contributed by atoms with Gasteiger partial charge in [-0.05, 0) is 30.8 Å². The summed E-state index contributed by atoms with van der Waals surface area (Å²) < 4.78 is 0. The third kappa shape index (κ3) is 2.87. The molecule has 1 aliphatic carbocycles. The van der Waals surface area contributed by atoms with Gasteiger partial charge in [0.05, 0.1) is 0 Å². The summed E-state index contributed by atoms with van der Waals surface area (Å²) in [6.07, 6.45) is 10.5. The van der Waals surface area contributed by atoms with E-state index < -0.39 is 0 Å². The third-order valence-electron chi connectivity index (χ3n) is 3.06. The van der Waals surface area contributed by atoms with Gasteiger partial charge in [0.15, 0.2) is 0 Å². The first-order valence-corrected chi connectivity index (χ1v) is 5.21. The second kappa shape index (κ2) is 5.22. The molecule has 0 aromatic heterocycles. The average Bonchev–Trinajstić information content (AvgIpc) is 2.02. The molecule has 1 fully saturated rings. The summed E-state index contributed by atoms with van der Waals surface area (Å²) in [7, 11) is 0. The molecule has 1 rings (SSSR count). The van der Waals surface area contributed by atoms with E-state index in [-0.39, 0.29) is 0 Å². The lowest BCUT2D eigenvalue weighted by atomic mass is 9.77. The minimum absolute atomic E-state index is 0.893. The monoisotopic (exact) mass is 164 g/mol. The van der Waals surface area contributed by atoms with Crippen molar-refractivity contribution >= 4 is 0 Å². The highest BCUT2D eigenvalue weighted by Gasteiger charge is 2.20. The van der Waals surface area contributed by atoms with Gasteiger partial charge in [0.1, 0.15) is 0 Å². The fourth-order valence-electron chi connectivity index (χ4n) is 1.88. The molecule has 0 bridgehead atoms. The van der Waals surface area contributed by atoms with Gasteiger partial charge in [-0.1, -0.05) is 39.2 Å². The molecule has 0 nitrogen and oxygen atoms in total. The van der Waals surface area contributed by atoms with Gasteiger partial charge in [-0.25, -0.2) is 0 Å². The van der Waals surface area contributed by atoms with Crippen LogP contribution in [0.25, 0.3) is 0 Å². The minimum atomic E-state index is 0.893. The molecule has 0 amide bonds. The molecule has 68 valence electrons. The van der Waals surface area contributed by atoms with Crippen LogP contribution in [0.2, 0.25) is 0 Å². The quantitative estimate of drug-likeness (QED) is 0.540. The van der Waals surface area contributed by atoms with Crippen LogP contribution >= 0.6 is 0 Å². The zero-order valence-electron chi connectivity index (χ0n) is 8.18. The summed E-state index contributed by atoms with van der Waals surface area (Å²) >= 11 is 0.